The van der Waals surface area contributed by atoms with Gasteiger partial charge in [-0.25, -0.2) is 4.98 Å². The van der Waals surface area contributed by atoms with Crippen molar-refractivity contribution < 1.29 is 0 Å². The van der Waals surface area contributed by atoms with Gasteiger partial charge in [-0.05, 0) is 41.5 Å². The monoisotopic (exact) mass is 430 g/mol. The third kappa shape index (κ3) is 3.41. The fourth-order valence-corrected chi connectivity index (χ4v) is 3.98. The number of nitrogens with one attached hydrogen (secondary N) is 2. The summed E-state index contributed by atoms with van der Waals surface area (Å²) in [5.41, 5.74) is 8.39. The lowest BCUT2D eigenvalue weighted by Gasteiger charge is -2.07. The molecule has 7 nitrogen and oxygen atoms in total. The first kappa shape index (κ1) is 18.9. The van der Waals surface area contributed by atoms with Crippen LogP contribution in [0.2, 0.25) is 0 Å². The highest BCUT2D eigenvalue weighted by Crippen LogP contribution is 2.32. The summed E-state index contributed by atoms with van der Waals surface area (Å²) in [7, 11) is 0. The molecule has 0 saturated carbocycles. The Morgan fingerprint density at radius 1 is 0.758 bits per heavy atom. The number of benzene rings is 1. The van der Waals surface area contributed by atoms with Gasteiger partial charge in [-0.1, -0.05) is 30.3 Å². The van der Waals surface area contributed by atoms with Gasteiger partial charge in [0, 0.05) is 47.5 Å². The molecule has 0 amide bonds. The number of nitrogens with zero attached hydrogens (tertiary/aromatic N) is 4. The molecule has 2 N–H and O–H groups in total. The molecule has 0 saturated heterocycles. The molecule has 0 aliphatic rings. The van der Waals surface area contributed by atoms with Crippen LogP contribution in [0.25, 0.3) is 50.5 Å². The van der Waals surface area contributed by atoms with Crippen molar-refractivity contribution in [3.8, 4) is 44.9 Å². The number of fused-ring (bicyclic) bond motifs is 1. The number of pyridine rings is 3. The molecule has 6 rings (SSSR count). The Morgan fingerprint density at radius 3 is 2.36 bits per heavy atom. The predicted octanol–water partition coefficient (Wildman–Crippen LogP) is 4.81. The van der Waals surface area contributed by atoms with E-state index in [1.807, 2.05) is 77.5 Å². The van der Waals surface area contributed by atoms with E-state index in [4.69, 9.17) is 0 Å². The topological polar surface area (TPSA) is 91.7 Å². The van der Waals surface area contributed by atoms with Crippen molar-refractivity contribution in [2.45, 2.75) is 0 Å². The molecule has 0 atom stereocenters. The Kier molecular flexibility index (Phi) is 4.43. The summed E-state index contributed by atoms with van der Waals surface area (Å²) < 4.78 is 2.05. The number of hydrogen-bond acceptors (Lipinski definition) is 4. The Labute approximate surface area is 188 Å². The minimum Gasteiger partial charge on any atom is -0.328 e. The second-order valence-corrected chi connectivity index (χ2v) is 7.67. The van der Waals surface area contributed by atoms with Crippen molar-refractivity contribution in [1.29, 1.82) is 0 Å². The highest BCUT2D eigenvalue weighted by Gasteiger charge is 2.14. The first-order chi connectivity index (χ1) is 16.3. The number of aromatic amines is 2. The number of rotatable bonds is 4. The average molecular weight is 430 g/mol. The third-order valence-corrected chi connectivity index (χ3v) is 5.66. The minimum absolute atomic E-state index is 0.113. The summed E-state index contributed by atoms with van der Waals surface area (Å²) in [5, 5.41) is 7.52. The Balaban J connectivity index is 1.39. The summed E-state index contributed by atoms with van der Waals surface area (Å²) >= 11 is 0. The molecule has 7 heteroatoms. The molecule has 0 fully saturated rings. The van der Waals surface area contributed by atoms with Crippen molar-refractivity contribution in [2.24, 2.45) is 0 Å². The van der Waals surface area contributed by atoms with Crippen LogP contribution < -0.4 is 5.56 Å². The van der Waals surface area contributed by atoms with Crippen LogP contribution in [0, 0.1) is 0 Å². The van der Waals surface area contributed by atoms with Crippen molar-refractivity contribution in [3.05, 3.63) is 108 Å². The summed E-state index contributed by atoms with van der Waals surface area (Å²) in [6.07, 6.45) is 9.31. The lowest BCUT2D eigenvalue weighted by molar-refractivity contribution is 1.10. The van der Waals surface area contributed by atoms with E-state index in [0.29, 0.717) is 0 Å². The zero-order valence-corrected chi connectivity index (χ0v) is 17.4. The Morgan fingerprint density at radius 2 is 1.58 bits per heavy atom. The van der Waals surface area contributed by atoms with Crippen molar-refractivity contribution in [1.82, 2.24) is 29.5 Å². The molecule has 5 aromatic heterocycles. The lowest BCUT2D eigenvalue weighted by atomic mass is 10.0. The van der Waals surface area contributed by atoms with Crippen LogP contribution >= 0.6 is 0 Å². The van der Waals surface area contributed by atoms with Gasteiger partial charge in [-0.2, -0.15) is 5.10 Å². The molecule has 0 bridgehead atoms. The molecule has 0 radical (unpaired) electrons. The highest BCUT2D eigenvalue weighted by molar-refractivity contribution is 5.82. The van der Waals surface area contributed by atoms with E-state index in [9.17, 15) is 4.79 Å². The van der Waals surface area contributed by atoms with Gasteiger partial charge in [-0.3, -0.25) is 19.3 Å². The molecule has 33 heavy (non-hydrogen) atoms. The number of hydrogen-bond donors (Lipinski definition) is 2. The second-order valence-electron chi connectivity index (χ2n) is 7.67. The molecule has 1 aromatic carbocycles. The molecule has 6 aromatic rings. The van der Waals surface area contributed by atoms with Crippen molar-refractivity contribution in [2.75, 3.05) is 0 Å². The van der Waals surface area contributed by atoms with E-state index in [1.54, 1.807) is 12.4 Å². The van der Waals surface area contributed by atoms with E-state index in [2.05, 4.69) is 31.3 Å². The van der Waals surface area contributed by atoms with Gasteiger partial charge in [0.1, 0.15) is 5.65 Å². The van der Waals surface area contributed by atoms with E-state index in [1.165, 1.54) is 6.07 Å². The molecule has 0 unspecified atom stereocenters. The normalized spacial score (nSPS) is 11.2. The maximum Gasteiger partial charge on any atom is 0.247 e. The van der Waals surface area contributed by atoms with Gasteiger partial charge in [0.2, 0.25) is 5.56 Å². The standard InChI is InChI=1S/C26H18N6O/c33-25-11-9-19(13-29-25)17-4-6-18(7-5-17)26-21(14-30-31-26)20-8-10-24-28-15-23(32(24)16-20)22-3-1-2-12-27-22/h1-16H,(H,29,33)(H,30,31). The van der Waals surface area contributed by atoms with Crippen LogP contribution in [0.4, 0.5) is 0 Å². The third-order valence-electron chi connectivity index (χ3n) is 5.66. The molecular formula is C26H18N6O. The lowest BCUT2D eigenvalue weighted by Crippen LogP contribution is -2.01. The van der Waals surface area contributed by atoms with Crippen molar-refractivity contribution in [3.63, 3.8) is 0 Å². The van der Waals surface area contributed by atoms with Crippen LogP contribution in [0.15, 0.2) is 103 Å². The predicted molar refractivity (Wildman–Crippen MR) is 127 cm³/mol. The molecular weight excluding hydrogens is 412 g/mol. The van der Waals surface area contributed by atoms with Gasteiger partial charge in [0.25, 0.3) is 0 Å². The maximum absolute atomic E-state index is 11.3. The highest BCUT2D eigenvalue weighted by atomic mass is 16.1. The summed E-state index contributed by atoms with van der Waals surface area (Å²) in [5.74, 6) is 0. The van der Waals surface area contributed by atoms with Gasteiger partial charge in [0.15, 0.2) is 0 Å². The van der Waals surface area contributed by atoms with E-state index in [-0.39, 0.29) is 5.56 Å². The number of H-pyrrole nitrogens is 2. The fraction of sp³-hybridized carbons (Fsp3) is 0. The molecule has 0 aliphatic heterocycles. The first-order valence-electron chi connectivity index (χ1n) is 10.5. The van der Waals surface area contributed by atoms with E-state index in [0.717, 1.165) is 50.5 Å². The van der Waals surface area contributed by atoms with Gasteiger partial charge in [0.05, 0.1) is 23.3 Å². The van der Waals surface area contributed by atoms with Crippen LogP contribution in [-0.4, -0.2) is 29.5 Å². The van der Waals surface area contributed by atoms with Crippen LogP contribution in [0.3, 0.4) is 0 Å². The first-order valence-corrected chi connectivity index (χ1v) is 10.5. The number of imidazole rings is 1. The molecule has 0 spiro atoms. The molecule has 5 heterocycles. The zero-order chi connectivity index (χ0) is 22.2. The summed E-state index contributed by atoms with van der Waals surface area (Å²) in [4.78, 5) is 23.0. The van der Waals surface area contributed by atoms with Gasteiger partial charge in [-0.15, -0.1) is 0 Å². The van der Waals surface area contributed by atoms with Crippen LogP contribution in [-0.2, 0) is 0 Å². The second kappa shape index (κ2) is 7.72. The maximum atomic E-state index is 11.3. The fourth-order valence-electron chi connectivity index (χ4n) is 3.98. The molecule has 158 valence electrons. The SMILES string of the molecule is O=c1ccc(-c2ccc(-c3n[nH]cc3-c3ccc4ncc(-c5ccccn5)n4c3)cc2)c[nH]1. The summed E-state index contributed by atoms with van der Waals surface area (Å²) in [6.45, 7) is 0. The minimum atomic E-state index is -0.113. The van der Waals surface area contributed by atoms with E-state index < -0.39 is 0 Å². The quantitative estimate of drug-likeness (QED) is 0.420. The van der Waals surface area contributed by atoms with Crippen molar-refractivity contribution >= 4 is 5.65 Å². The smallest absolute Gasteiger partial charge is 0.247 e. The molecule has 0 aliphatic carbocycles. The number of aromatic nitrogens is 6. The van der Waals surface area contributed by atoms with E-state index >= 15 is 0 Å². The largest absolute Gasteiger partial charge is 0.328 e. The van der Waals surface area contributed by atoms with Gasteiger partial charge < -0.3 is 4.98 Å². The van der Waals surface area contributed by atoms with Gasteiger partial charge >= 0.3 is 0 Å². The Hall–Kier alpha value is -4.78. The summed E-state index contributed by atoms with van der Waals surface area (Å²) in [6, 6.07) is 21.4. The van der Waals surface area contributed by atoms with Crippen LogP contribution in [0.1, 0.15) is 0 Å². The zero-order valence-electron chi connectivity index (χ0n) is 17.4. The Bertz CT molecular complexity index is 1610. The average Bonchev–Trinajstić information content (AvgIpc) is 3.52. The van der Waals surface area contributed by atoms with Crippen LogP contribution in [0.5, 0.6) is 0 Å².